The summed E-state index contributed by atoms with van der Waals surface area (Å²) in [5.41, 5.74) is 6.06. The standard InChI is InChI=1S/C15H23N3O2.ClH/c1-15(2,10-16)11-18(3)13(19)9-17-14(20)12-7-5-4-6-8-12;/h4-8H,9-11,16H2,1-3H3,(H,17,20);1H. The topological polar surface area (TPSA) is 75.4 Å². The number of halogens is 1. The average molecular weight is 314 g/mol. The van der Waals surface area contributed by atoms with Crippen LogP contribution < -0.4 is 11.1 Å². The highest BCUT2D eigenvalue weighted by Gasteiger charge is 2.21. The molecule has 6 heteroatoms. The van der Waals surface area contributed by atoms with Gasteiger partial charge < -0.3 is 16.0 Å². The quantitative estimate of drug-likeness (QED) is 0.830. The first kappa shape index (κ1) is 19.4. The van der Waals surface area contributed by atoms with Crippen LogP contribution in [0, 0.1) is 5.41 Å². The van der Waals surface area contributed by atoms with Crippen LogP contribution in [0.5, 0.6) is 0 Å². The van der Waals surface area contributed by atoms with Gasteiger partial charge in [-0.1, -0.05) is 32.0 Å². The summed E-state index contributed by atoms with van der Waals surface area (Å²) in [6.07, 6.45) is 0. The van der Waals surface area contributed by atoms with Crippen molar-refractivity contribution < 1.29 is 9.59 Å². The Kier molecular flexibility index (Phi) is 7.99. The van der Waals surface area contributed by atoms with Crippen molar-refractivity contribution in [2.45, 2.75) is 13.8 Å². The number of carbonyl (C=O) groups is 2. The van der Waals surface area contributed by atoms with Crippen LogP contribution in [0.3, 0.4) is 0 Å². The second-order valence-electron chi connectivity index (χ2n) is 5.67. The fraction of sp³-hybridized carbons (Fsp3) is 0.467. The van der Waals surface area contributed by atoms with Gasteiger partial charge in [0.15, 0.2) is 0 Å². The summed E-state index contributed by atoms with van der Waals surface area (Å²) in [7, 11) is 1.72. The number of nitrogens with two attached hydrogens (primary N) is 1. The Morgan fingerprint density at radius 3 is 2.33 bits per heavy atom. The minimum Gasteiger partial charge on any atom is -0.344 e. The normalized spacial score (nSPS) is 10.5. The molecular weight excluding hydrogens is 290 g/mol. The van der Waals surface area contributed by atoms with Crippen molar-refractivity contribution in [2.75, 3.05) is 26.7 Å². The van der Waals surface area contributed by atoms with E-state index in [4.69, 9.17) is 5.73 Å². The van der Waals surface area contributed by atoms with Gasteiger partial charge >= 0.3 is 0 Å². The van der Waals surface area contributed by atoms with Crippen LogP contribution in [-0.2, 0) is 4.79 Å². The zero-order chi connectivity index (χ0) is 15.2. The number of hydrogen-bond donors (Lipinski definition) is 2. The van der Waals surface area contributed by atoms with Gasteiger partial charge in [-0.3, -0.25) is 9.59 Å². The predicted molar refractivity (Wildman–Crippen MR) is 86.5 cm³/mol. The lowest BCUT2D eigenvalue weighted by Crippen LogP contribution is -2.44. The van der Waals surface area contributed by atoms with E-state index in [0.717, 1.165) is 0 Å². The van der Waals surface area contributed by atoms with Crippen molar-refractivity contribution in [3.05, 3.63) is 35.9 Å². The molecule has 0 atom stereocenters. The molecule has 0 spiro atoms. The molecule has 0 aliphatic heterocycles. The highest BCUT2D eigenvalue weighted by Crippen LogP contribution is 2.13. The molecule has 0 saturated heterocycles. The third kappa shape index (κ3) is 6.60. The maximum atomic E-state index is 11.9. The summed E-state index contributed by atoms with van der Waals surface area (Å²) in [6.45, 7) is 5.05. The summed E-state index contributed by atoms with van der Waals surface area (Å²) < 4.78 is 0. The SMILES string of the molecule is CN(CC(C)(C)CN)C(=O)CNC(=O)c1ccccc1.Cl. The zero-order valence-corrected chi connectivity index (χ0v) is 13.6. The molecule has 0 radical (unpaired) electrons. The van der Waals surface area contributed by atoms with Gasteiger partial charge in [-0.15, -0.1) is 12.4 Å². The van der Waals surface area contributed by atoms with E-state index in [2.05, 4.69) is 5.32 Å². The summed E-state index contributed by atoms with van der Waals surface area (Å²) in [4.78, 5) is 25.3. The number of nitrogens with zero attached hydrogens (tertiary/aromatic N) is 1. The molecule has 0 bridgehead atoms. The Bertz CT molecular complexity index is 463. The smallest absolute Gasteiger partial charge is 0.251 e. The van der Waals surface area contributed by atoms with Gasteiger partial charge in [-0.25, -0.2) is 0 Å². The molecule has 5 nitrogen and oxygen atoms in total. The van der Waals surface area contributed by atoms with Crippen molar-refractivity contribution in [3.8, 4) is 0 Å². The van der Waals surface area contributed by atoms with Crippen molar-refractivity contribution in [1.82, 2.24) is 10.2 Å². The lowest BCUT2D eigenvalue weighted by molar-refractivity contribution is -0.130. The zero-order valence-electron chi connectivity index (χ0n) is 12.8. The number of nitrogens with one attached hydrogen (secondary N) is 1. The highest BCUT2D eigenvalue weighted by atomic mass is 35.5. The molecule has 0 heterocycles. The summed E-state index contributed by atoms with van der Waals surface area (Å²) >= 11 is 0. The molecule has 1 aromatic rings. The summed E-state index contributed by atoms with van der Waals surface area (Å²) in [5.74, 6) is -0.374. The molecule has 1 rings (SSSR count). The molecule has 0 aliphatic carbocycles. The van der Waals surface area contributed by atoms with Gasteiger partial charge in [-0.2, -0.15) is 0 Å². The largest absolute Gasteiger partial charge is 0.344 e. The maximum absolute atomic E-state index is 11.9. The van der Waals surface area contributed by atoms with Crippen LogP contribution in [0.15, 0.2) is 30.3 Å². The van der Waals surface area contributed by atoms with Gasteiger partial charge in [0.25, 0.3) is 5.91 Å². The number of rotatable bonds is 6. The fourth-order valence-corrected chi connectivity index (χ4v) is 1.78. The van der Waals surface area contributed by atoms with Crippen LogP contribution in [-0.4, -0.2) is 43.4 Å². The second-order valence-corrected chi connectivity index (χ2v) is 5.67. The number of carbonyl (C=O) groups excluding carboxylic acids is 2. The third-order valence-electron chi connectivity index (χ3n) is 3.08. The van der Waals surface area contributed by atoms with Crippen LogP contribution in [0.25, 0.3) is 0 Å². The minimum atomic E-state index is -0.245. The third-order valence-corrected chi connectivity index (χ3v) is 3.08. The van der Waals surface area contributed by atoms with E-state index >= 15 is 0 Å². The molecule has 0 unspecified atom stereocenters. The summed E-state index contributed by atoms with van der Waals surface area (Å²) in [6, 6.07) is 8.83. The lowest BCUT2D eigenvalue weighted by atomic mass is 9.93. The molecule has 0 fully saturated rings. The predicted octanol–water partition coefficient (Wildman–Crippen LogP) is 1.28. The van der Waals surface area contributed by atoms with Crippen LogP contribution in [0.2, 0.25) is 0 Å². The Morgan fingerprint density at radius 1 is 1.24 bits per heavy atom. The van der Waals surface area contributed by atoms with Gasteiger partial charge in [0.2, 0.25) is 5.91 Å². The van der Waals surface area contributed by atoms with Crippen molar-refractivity contribution in [1.29, 1.82) is 0 Å². The first-order chi connectivity index (χ1) is 9.35. The Labute approximate surface area is 132 Å². The number of hydrogen-bond acceptors (Lipinski definition) is 3. The van der Waals surface area contributed by atoms with Crippen molar-refractivity contribution in [2.24, 2.45) is 11.1 Å². The minimum absolute atomic E-state index is 0. The Balaban J connectivity index is 0.00000400. The lowest BCUT2D eigenvalue weighted by Gasteiger charge is -2.29. The second kappa shape index (κ2) is 8.64. The Hall–Kier alpha value is -1.59. The van der Waals surface area contributed by atoms with E-state index in [-0.39, 0.29) is 36.2 Å². The van der Waals surface area contributed by atoms with Crippen molar-refractivity contribution >= 4 is 24.2 Å². The molecule has 0 aromatic heterocycles. The van der Waals surface area contributed by atoms with E-state index in [1.807, 2.05) is 19.9 Å². The maximum Gasteiger partial charge on any atom is 0.251 e. The van der Waals surface area contributed by atoms with Crippen LogP contribution in [0.4, 0.5) is 0 Å². The van der Waals surface area contributed by atoms with Gasteiger partial charge in [0.05, 0.1) is 6.54 Å². The van der Waals surface area contributed by atoms with Crippen LogP contribution >= 0.6 is 12.4 Å². The van der Waals surface area contributed by atoms with E-state index in [9.17, 15) is 9.59 Å². The molecule has 3 N–H and O–H groups in total. The molecule has 1 aromatic carbocycles. The first-order valence-corrected chi connectivity index (χ1v) is 6.63. The fourth-order valence-electron chi connectivity index (χ4n) is 1.78. The van der Waals surface area contributed by atoms with Crippen LogP contribution in [0.1, 0.15) is 24.2 Å². The monoisotopic (exact) mass is 313 g/mol. The van der Waals surface area contributed by atoms with E-state index < -0.39 is 0 Å². The molecule has 0 saturated carbocycles. The first-order valence-electron chi connectivity index (χ1n) is 6.63. The molecule has 2 amide bonds. The van der Waals surface area contributed by atoms with Gasteiger partial charge in [0.1, 0.15) is 0 Å². The van der Waals surface area contributed by atoms with Gasteiger partial charge in [0, 0.05) is 19.2 Å². The highest BCUT2D eigenvalue weighted by molar-refractivity contribution is 5.96. The van der Waals surface area contributed by atoms with E-state index in [0.29, 0.717) is 18.7 Å². The van der Waals surface area contributed by atoms with E-state index in [1.165, 1.54) is 0 Å². The molecule has 118 valence electrons. The van der Waals surface area contributed by atoms with Gasteiger partial charge in [-0.05, 0) is 24.1 Å². The number of likely N-dealkylation sites (N-methyl/N-ethyl adjacent to an activating group) is 1. The van der Waals surface area contributed by atoms with Crippen molar-refractivity contribution in [3.63, 3.8) is 0 Å². The Morgan fingerprint density at radius 2 is 1.81 bits per heavy atom. The number of amides is 2. The molecule has 0 aliphatic rings. The van der Waals surface area contributed by atoms with E-state index in [1.54, 1.807) is 36.2 Å². The number of benzene rings is 1. The molecular formula is C15H24ClN3O2. The average Bonchev–Trinajstić information content (AvgIpc) is 2.44. The summed E-state index contributed by atoms with van der Waals surface area (Å²) in [5, 5.41) is 2.62. The molecule has 21 heavy (non-hydrogen) atoms.